The van der Waals surface area contributed by atoms with Crippen LogP contribution in [0.3, 0.4) is 0 Å². The van der Waals surface area contributed by atoms with Gasteiger partial charge in [-0.1, -0.05) is 19.9 Å². The molecule has 1 unspecified atom stereocenters. The molecule has 18 heavy (non-hydrogen) atoms. The third-order valence-electron chi connectivity index (χ3n) is 2.51. The smallest absolute Gasteiger partial charge is 0.325 e. The third kappa shape index (κ3) is 3.63. The predicted octanol–water partition coefficient (Wildman–Crippen LogP) is 1.77. The number of carboxylic acids is 1. The van der Waals surface area contributed by atoms with Crippen molar-refractivity contribution in [3.8, 4) is 11.5 Å². The third-order valence-corrected chi connectivity index (χ3v) is 2.51. The number of benzene rings is 1. The highest BCUT2D eigenvalue weighted by Gasteiger charge is 2.20. The molecule has 0 spiro atoms. The molecule has 0 amide bonds. The average Bonchev–Trinajstić information content (AvgIpc) is 2.28. The number of hydrogen-bond donors (Lipinski definition) is 3. The van der Waals surface area contributed by atoms with Gasteiger partial charge in [0.25, 0.3) is 0 Å². The fourth-order valence-electron chi connectivity index (χ4n) is 1.59. The van der Waals surface area contributed by atoms with Gasteiger partial charge in [-0.25, -0.2) is 0 Å². The van der Waals surface area contributed by atoms with E-state index in [0.717, 1.165) is 0 Å². The number of methoxy groups -OCH3 is 1. The Labute approximate surface area is 106 Å². The fourth-order valence-corrected chi connectivity index (χ4v) is 1.59. The number of aromatic hydroxyl groups is 1. The molecule has 0 bridgehead atoms. The van der Waals surface area contributed by atoms with Crippen LogP contribution in [0.15, 0.2) is 18.2 Å². The molecule has 5 heteroatoms. The van der Waals surface area contributed by atoms with Crippen molar-refractivity contribution in [1.82, 2.24) is 5.32 Å². The first-order valence-electron chi connectivity index (χ1n) is 5.78. The van der Waals surface area contributed by atoms with Gasteiger partial charge >= 0.3 is 5.97 Å². The summed E-state index contributed by atoms with van der Waals surface area (Å²) in [6.07, 6.45) is 0. The Morgan fingerprint density at radius 1 is 1.44 bits per heavy atom. The molecular weight excluding hydrogens is 234 g/mol. The number of phenolic OH excluding ortho intramolecular Hbond substituents is 1. The number of hydrogen-bond acceptors (Lipinski definition) is 4. The summed E-state index contributed by atoms with van der Waals surface area (Å²) >= 11 is 0. The minimum atomic E-state index is -0.972. The number of nitrogens with one attached hydrogen (secondary N) is 1. The van der Waals surface area contributed by atoms with Gasteiger partial charge in [-0.05, 0) is 30.2 Å². The highest BCUT2D eigenvalue weighted by Crippen LogP contribution is 2.29. The summed E-state index contributed by atoms with van der Waals surface area (Å²) in [6.45, 7) is 4.58. The molecule has 0 aliphatic heterocycles. The van der Waals surface area contributed by atoms with Crippen LogP contribution in [0.25, 0.3) is 0 Å². The summed E-state index contributed by atoms with van der Waals surface area (Å²) in [5.41, 5.74) is 0.501. The van der Waals surface area contributed by atoms with Gasteiger partial charge in [0, 0.05) is 0 Å². The van der Waals surface area contributed by atoms with Crippen LogP contribution in [-0.4, -0.2) is 29.8 Å². The zero-order chi connectivity index (χ0) is 13.7. The molecule has 0 aromatic heterocycles. The number of aliphatic carboxylic acids is 1. The second-order valence-corrected chi connectivity index (χ2v) is 4.50. The van der Waals surface area contributed by atoms with Gasteiger partial charge in [0.2, 0.25) is 0 Å². The first kappa shape index (κ1) is 14.3. The first-order valence-corrected chi connectivity index (χ1v) is 5.78. The predicted molar refractivity (Wildman–Crippen MR) is 67.9 cm³/mol. The lowest BCUT2D eigenvalue weighted by atomic mass is 10.1. The van der Waals surface area contributed by atoms with Crippen LogP contribution in [0.4, 0.5) is 0 Å². The number of phenols is 1. The van der Waals surface area contributed by atoms with E-state index < -0.39 is 12.0 Å². The molecular formula is C13H19NO4. The molecule has 0 radical (unpaired) electrons. The summed E-state index contributed by atoms with van der Waals surface area (Å²) < 4.78 is 4.92. The Bertz CT molecular complexity index is 417. The summed E-state index contributed by atoms with van der Waals surface area (Å²) in [7, 11) is 1.44. The topological polar surface area (TPSA) is 78.8 Å². The van der Waals surface area contributed by atoms with Crippen LogP contribution < -0.4 is 10.1 Å². The molecule has 100 valence electrons. The molecule has 0 saturated carbocycles. The van der Waals surface area contributed by atoms with E-state index in [2.05, 4.69) is 5.32 Å². The second-order valence-electron chi connectivity index (χ2n) is 4.50. The van der Waals surface area contributed by atoms with Gasteiger partial charge in [0.15, 0.2) is 11.5 Å². The zero-order valence-corrected chi connectivity index (χ0v) is 10.8. The lowest BCUT2D eigenvalue weighted by molar-refractivity contribution is -0.139. The van der Waals surface area contributed by atoms with Crippen molar-refractivity contribution >= 4 is 5.97 Å². The monoisotopic (exact) mass is 253 g/mol. The minimum absolute atomic E-state index is 0.0624. The second kappa shape index (κ2) is 6.26. The lowest BCUT2D eigenvalue weighted by Crippen LogP contribution is -2.31. The molecule has 1 rings (SSSR count). The van der Waals surface area contributed by atoms with E-state index in [1.807, 2.05) is 13.8 Å². The summed E-state index contributed by atoms with van der Waals surface area (Å²) in [4.78, 5) is 11.2. The van der Waals surface area contributed by atoms with Crippen LogP contribution in [0, 0.1) is 5.92 Å². The Morgan fingerprint density at radius 2 is 2.11 bits per heavy atom. The summed E-state index contributed by atoms with van der Waals surface area (Å²) in [5.74, 6) is -0.363. The SMILES string of the molecule is COc1ccc(C(NCC(C)C)C(=O)O)cc1O. The highest BCUT2D eigenvalue weighted by molar-refractivity contribution is 5.76. The highest BCUT2D eigenvalue weighted by atomic mass is 16.5. The maximum absolute atomic E-state index is 11.2. The molecule has 0 aliphatic rings. The quantitative estimate of drug-likeness (QED) is 0.720. The number of carbonyl (C=O) groups is 1. The van der Waals surface area contributed by atoms with Gasteiger partial charge in [-0.15, -0.1) is 0 Å². The van der Waals surface area contributed by atoms with Crippen LogP contribution in [-0.2, 0) is 4.79 Å². The molecule has 0 fully saturated rings. The van der Waals surface area contributed by atoms with Crippen LogP contribution in [0.2, 0.25) is 0 Å². The average molecular weight is 253 g/mol. The fraction of sp³-hybridized carbons (Fsp3) is 0.462. The standard InChI is InChI=1S/C13H19NO4/c1-8(2)7-14-12(13(16)17)9-4-5-11(18-3)10(15)6-9/h4-6,8,12,14-15H,7H2,1-3H3,(H,16,17). The van der Waals surface area contributed by atoms with Crippen LogP contribution in [0.5, 0.6) is 11.5 Å². The van der Waals surface area contributed by atoms with E-state index in [4.69, 9.17) is 4.74 Å². The molecule has 0 heterocycles. The lowest BCUT2D eigenvalue weighted by Gasteiger charge is -2.17. The van der Waals surface area contributed by atoms with E-state index in [9.17, 15) is 15.0 Å². The van der Waals surface area contributed by atoms with E-state index in [-0.39, 0.29) is 5.75 Å². The van der Waals surface area contributed by atoms with Gasteiger partial charge in [-0.2, -0.15) is 0 Å². The van der Waals surface area contributed by atoms with Crippen molar-refractivity contribution in [2.24, 2.45) is 5.92 Å². The van der Waals surface area contributed by atoms with Crippen molar-refractivity contribution in [2.45, 2.75) is 19.9 Å². The largest absolute Gasteiger partial charge is 0.504 e. The van der Waals surface area contributed by atoms with E-state index in [1.54, 1.807) is 12.1 Å². The Morgan fingerprint density at radius 3 is 2.56 bits per heavy atom. The Hall–Kier alpha value is -1.75. The van der Waals surface area contributed by atoms with Gasteiger partial charge in [0.1, 0.15) is 6.04 Å². The van der Waals surface area contributed by atoms with Gasteiger partial charge < -0.3 is 20.3 Å². The molecule has 0 saturated heterocycles. The number of ether oxygens (including phenoxy) is 1. The van der Waals surface area contributed by atoms with Crippen molar-refractivity contribution < 1.29 is 19.7 Å². The van der Waals surface area contributed by atoms with Crippen molar-refractivity contribution in [2.75, 3.05) is 13.7 Å². The summed E-state index contributed by atoms with van der Waals surface area (Å²) in [6, 6.07) is 3.76. The van der Waals surface area contributed by atoms with Gasteiger partial charge in [-0.3, -0.25) is 4.79 Å². The molecule has 1 atom stereocenters. The molecule has 1 aromatic rings. The maximum Gasteiger partial charge on any atom is 0.325 e. The first-order chi connectivity index (χ1) is 8.45. The number of carboxylic acid groups (broad SMARTS) is 1. The maximum atomic E-state index is 11.2. The molecule has 5 nitrogen and oxygen atoms in total. The molecule has 0 aliphatic carbocycles. The van der Waals surface area contributed by atoms with E-state index in [1.165, 1.54) is 13.2 Å². The molecule has 3 N–H and O–H groups in total. The molecule has 1 aromatic carbocycles. The summed E-state index contributed by atoms with van der Waals surface area (Å²) in [5, 5.41) is 21.8. The van der Waals surface area contributed by atoms with E-state index >= 15 is 0 Å². The van der Waals surface area contributed by atoms with E-state index in [0.29, 0.717) is 23.8 Å². The minimum Gasteiger partial charge on any atom is -0.504 e. The van der Waals surface area contributed by atoms with Crippen molar-refractivity contribution in [3.05, 3.63) is 23.8 Å². The van der Waals surface area contributed by atoms with Gasteiger partial charge in [0.05, 0.1) is 7.11 Å². The number of rotatable bonds is 6. The Balaban J connectivity index is 2.92. The van der Waals surface area contributed by atoms with Crippen LogP contribution in [0.1, 0.15) is 25.5 Å². The normalized spacial score (nSPS) is 12.4. The Kier molecular flexibility index (Phi) is 4.97. The van der Waals surface area contributed by atoms with Crippen molar-refractivity contribution in [1.29, 1.82) is 0 Å². The zero-order valence-electron chi connectivity index (χ0n) is 10.8. The van der Waals surface area contributed by atoms with Crippen LogP contribution >= 0.6 is 0 Å². The van der Waals surface area contributed by atoms with Crippen molar-refractivity contribution in [3.63, 3.8) is 0 Å².